The van der Waals surface area contributed by atoms with Crippen LogP contribution in [0.4, 0.5) is 0 Å². The van der Waals surface area contributed by atoms with Gasteiger partial charge in [0.2, 0.25) is 0 Å². The van der Waals surface area contributed by atoms with Crippen molar-refractivity contribution in [1.29, 1.82) is 0 Å². The van der Waals surface area contributed by atoms with Crippen LogP contribution in [0.2, 0.25) is 0 Å². The summed E-state index contributed by atoms with van der Waals surface area (Å²) < 4.78 is 12.2. The predicted molar refractivity (Wildman–Crippen MR) is 155 cm³/mol. The van der Waals surface area contributed by atoms with Gasteiger partial charge in [-0.2, -0.15) is 0 Å². The van der Waals surface area contributed by atoms with E-state index in [0.717, 1.165) is 54.4 Å². The van der Waals surface area contributed by atoms with Gasteiger partial charge in [0.05, 0.1) is 18.6 Å². The highest BCUT2D eigenvalue weighted by Crippen LogP contribution is 2.50. The molecule has 38 heavy (non-hydrogen) atoms. The van der Waals surface area contributed by atoms with Gasteiger partial charge in [-0.3, -0.25) is 9.59 Å². The van der Waals surface area contributed by atoms with E-state index in [1.54, 1.807) is 0 Å². The zero-order chi connectivity index (χ0) is 28.5. The Morgan fingerprint density at radius 2 is 1.55 bits per heavy atom. The van der Waals surface area contributed by atoms with Crippen molar-refractivity contribution in [2.45, 2.75) is 151 Å². The Morgan fingerprint density at radius 3 is 2.13 bits per heavy atom. The number of carboxylic acid groups (broad SMARTS) is 1. The highest BCUT2D eigenvalue weighted by molar-refractivity contribution is 5.77. The second-order valence-corrected chi connectivity index (χ2v) is 13.2. The lowest BCUT2D eigenvalue weighted by Gasteiger charge is -2.46. The monoisotopic (exact) mass is 532 g/mol. The molecule has 0 aromatic heterocycles. The average Bonchev–Trinajstić information content (AvgIpc) is 2.82. The Morgan fingerprint density at radius 1 is 0.974 bits per heavy atom. The zero-order valence-electron chi connectivity index (χ0n) is 25.7. The van der Waals surface area contributed by atoms with Crippen molar-refractivity contribution in [3.8, 4) is 0 Å². The van der Waals surface area contributed by atoms with Gasteiger partial charge in [0, 0.05) is 11.0 Å². The molecule has 1 aliphatic heterocycles. The Kier molecular flexibility index (Phi) is 12.9. The van der Waals surface area contributed by atoms with Crippen molar-refractivity contribution in [3.05, 3.63) is 22.5 Å². The molecule has 5 heteroatoms. The van der Waals surface area contributed by atoms with E-state index in [2.05, 4.69) is 48.5 Å². The first kappa shape index (κ1) is 32.4. The van der Waals surface area contributed by atoms with Gasteiger partial charge >= 0.3 is 11.9 Å². The van der Waals surface area contributed by atoms with E-state index in [4.69, 9.17) is 14.6 Å². The van der Waals surface area contributed by atoms with Crippen molar-refractivity contribution in [2.24, 2.45) is 23.2 Å². The molecule has 0 bridgehead atoms. The molecular weight excluding hydrogens is 476 g/mol. The predicted octanol–water partition coefficient (Wildman–Crippen LogP) is 9.01. The molecule has 0 saturated carbocycles. The van der Waals surface area contributed by atoms with Gasteiger partial charge in [-0.25, -0.2) is 0 Å². The molecule has 0 radical (unpaired) electrons. The number of ether oxygens (including phenoxy) is 2. The summed E-state index contributed by atoms with van der Waals surface area (Å²) in [5.74, 6) is 1.82. The molecule has 2 aliphatic rings. The maximum absolute atomic E-state index is 12.7. The maximum atomic E-state index is 12.7. The van der Waals surface area contributed by atoms with E-state index in [-0.39, 0.29) is 30.5 Å². The highest BCUT2D eigenvalue weighted by atomic mass is 16.5. The van der Waals surface area contributed by atoms with Crippen molar-refractivity contribution in [3.63, 3.8) is 0 Å². The van der Waals surface area contributed by atoms with Gasteiger partial charge in [0.25, 0.3) is 0 Å². The minimum atomic E-state index is -0.973. The smallest absolute Gasteiger partial charge is 0.307 e. The van der Waals surface area contributed by atoms with Crippen LogP contribution in [0.3, 0.4) is 0 Å². The average molecular weight is 533 g/mol. The fourth-order valence-electron chi connectivity index (χ4n) is 6.37. The van der Waals surface area contributed by atoms with Crippen LogP contribution < -0.4 is 0 Å². The molecular formula is C33H56O5. The normalized spacial score (nSPS) is 25.2. The molecule has 0 amide bonds. The summed E-state index contributed by atoms with van der Waals surface area (Å²) in [7, 11) is 0. The summed E-state index contributed by atoms with van der Waals surface area (Å²) in [6.07, 6.45) is 12.5. The third-order valence-electron chi connectivity index (χ3n) is 9.09. The molecule has 5 nitrogen and oxygen atoms in total. The van der Waals surface area contributed by atoms with Gasteiger partial charge in [-0.1, -0.05) is 86.0 Å². The first-order valence-electron chi connectivity index (χ1n) is 15.3. The first-order chi connectivity index (χ1) is 17.8. The van der Waals surface area contributed by atoms with Crippen LogP contribution in [-0.4, -0.2) is 29.3 Å². The molecule has 1 aliphatic carbocycles. The molecule has 218 valence electrons. The second kappa shape index (κ2) is 15.1. The van der Waals surface area contributed by atoms with Gasteiger partial charge in [-0.15, -0.1) is 0 Å². The fraction of sp³-hybridized carbons (Fsp3) is 0.818. The highest BCUT2D eigenvalue weighted by Gasteiger charge is 2.46. The summed E-state index contributed by atoms with van der Waals surface area (Å²) in [5, 5.41) is 9.05. The number of hydrogen-bond donors (Lipinski definition) is 1. The van der Waals surface area contributed by atoms with Crippen LogP contribution >= 0.6 is 0 Å². The van der Waals surface area contributed by atoms with Gasteiger partial charge in [-0.05, 0) is 68.9 Å². The van der Waals surface area contributed by atoms with Gasteiger partial charge in [0.15, 0.2) is 0 Å². The third-order valence-corrected chi connectivity index (χ3v) is 9.09. The molecule has 1 N–H and O–H groups in total. The number of carboxylic acids is 1. The van der Waals surface area contributed by atoms with E-state index in [9.17, 15) is 9.59 Å². The quantitative estimate of drug-likeness (QED) is 0.201. The number of carbonyl (C=O) groups is 2. The molecule has 5 unspecified atom stereocenters. The standard InChI is InChI=1S/C33H56O5/c1-22(2)12-9-13-23(3)14-10-15-24(4)16-11-20-33(8)21-19-28-27(7)37-26(6)25(5)31(28)32(33)38-30(36)18-17-29(34)35/h22-24,27,32H,9-21H2,1-8H3,(H,34,35). The number of esters is 1. The molecule has 0 saturated heterocycles. The zero-order valence-corrected chi connectivity index (χ0v) is 25.7. The third kappa shape index (κ3) is 9.75. The molecule has 0 aromatic carbocycles. The van der Waals surface area contributed by atoms with E-state index < -0.39 is 11.9 Å². The van der Waals surface area contributed by atoms with Crippen LogP contribution in [0.25, 0.3) is 0 Å². The summed E-state index contributed by atoms with van der Waals surface area (Å²) in [4.78, 5) is 23.8. The molecule has 0 aromatic rings. The SMILES string of the molecule is CC1=C(C)C2=C(CCC(C)(CCCC(C)CCCC(C)CCCC(C)C)C2OC(=O)CCC(=O)O)C(C)O1. The lowest BCUT2D eigenvalue weighted by Crippen LogP contribution is -2.44. The maximum Gasteiger partial charge on any atom is 0.307 e. The summed E-state index contributed by atoms with van der Waals surface area (Å²) >= 11 is 0. The van der Waals surface area contributed by atoms with Crippen LogP contribution in [-0.2, 0) is 19.1 Å². The number of rotatable bonds is 16. The lowest BCUT2D eigenvalue weighted by atomic mass is 9.65. The van der Waals surface area contributed by atoms with E-state index in [1.807, 2.05) is 6.92 Å². The minimum absolute atomic E-state index is 0.0220. The van der Waals surface area contributed by atoms with Crippen molar-refractivity contribution in [1.82, 2.24) is 0 Å². The molecule has 0 fully saturated rings. The second-order valence-electron chi connectivity index (χ2n) is 13.2. The molecule has 5 atom stereocenters. The molecule has 0 spiro atoms. The molecule has 2 rings (SSSR count). The fourth-order valence-corrected chi connectivity index (χ4v) is 6.37. The van der Waals surface area contributed by atoms with Crippen LogP contribution in [0.5, 0.6) is 0 Å². The number of allylic oxidation sites excluding steroid dienone is 1. The number of aliphatic carboxylic acids is 1. The summed E-state index contributed by atoms with van der Waals surface area (Å²) in [6, 6.07) is 0. The largest absolute Gasteiger partial charge is 0.491 e. The Bertz CT molecular complexity index is 853. The van der Waals surface area contributed by atoms with Crippen LogP contribution in [0, 0.1) is 23.2 Å². The van der Waals surface area contributed by atoms with E-state index in [1.165, 1.54) is 50.5 Å². The van der Waals surface area contributed by atoms with Crippen molar-refractivity contribution < 1.29 is 24.2 Å². The number of hydrogen-bond acceptors (Lipinski definition) is 4. The van der Waals surface area contributed by atoms with E-state index in [0.29, 0.717) is 5.92 Å². The molecule has 1 heterocycles. The summed E-state index contributed by atoms with van der Waals surface area (Å²) in [5.41, 5.74) is 3.26. The van der Waals surface area contributed by atoms with Gasteiger partial charge < -0.3 is 14.6 Å². The van der Waals surface area contributed by atoms with Crippen LogP contribution in [0.15, 0.2) is 22.5 Å². The topological polar surface area (TPSA) is 72.8 Å². The Hall–Kier alpha value is -1.78. The summed E-state index contributed by atoms with van der Waals surface area (Å²) in [6.45, 7) is 17.8. The van der Waals surface area contributed by atoms with Crippen LogP contribution in [0.1, 0.15) is 139 Å². The lowest BCUT2D eigenvalue weighted by molar-refractivity contribution is -0.156. The minimum Gasteiger partial charge on any atom is -0.491 e. The van der Waals surface area contributed by atoms with E-state index >= 15 is 0 Å². The number of carbonyl (C=O) groups excluding carboxylic acids is 1. The van der Waals surface area contributed by atoms with Crippen molar-refractivity contribution in [2.75, 3.05) is 0 Å². The Labute approximate surface area is 232 Å². The van der Waals surface area contributed by atoms with Gasteiger partial charge in [0.1, 0.15) is 12.2 Å². The Balaban J connectivity index is 1.98. The van der Waals surface area contributed by atoms with Crippen molar-refractivity contribution >= 4 is 11.9 Å². The first-order valence-corrected chi connectivity index (χ1v) is 15.3.